The number of H-pyrrole nitrogens is 2. The molecule has 12 heteroatoms. The van der Waals surface area contributed by atoms with Gasteiger partial charge in [0.05, 0.1) is 40.6 Å². The Morgan fingerprint density at radius 3 is 2.81 bits per heavy atom. The maximum atomic E-state index is 12.9. The average molecular weight is 502 g/mol. The summed E-state index contributed by atoms with van der Waals surface area (Å²) in [6.07, 6.45) is 6.91. The first-order chi connectivity index (χ1) is 17.8. The highest BCUT2D eigenvalue weighted by Crippen LogP contribution is 2.29. The Labute approximate surface area is 209 Å². The van der Waals surface area contributed by atoms with Crippen LogP contribution in [-0.2, 0) is 6.42 Å². The summed E-state index contributed by atoms with van der Waals surface area (Å²) in [7, 11) is 0. The number of nitrogens with one attached hydrogen (secondary N) is 3. The van der Waals surface area contributed by atoms with E-state index in [0.717, 1.165) is 16.8 Å². The Morgan fingerprint density at radius 2 is 2.08 bits per heavy atom. The number of aryl methyl sites for hydroxylation is 1. The van der Waals surface area contributed by atoms with Gasteiger partial charge in [-0.3, -0.25) is 14.9 Å². The number of nitro benzene ring substituents is 1. The maximum Gasteiger partial charge on any atom is 0.310 e. The number of hydrogen-bond acceptors (Lipinski definition) is 8. The Kier molecular flexibility index (Phi) is 6.15. The molecule has 0 saturated carbocycles. The van der Waals surface area contributed by atoms with E-state index in [4.69, 9.17) is 0 Å². The van der Waals surface area contributed by atoms with E-state index in [1.807, 2.05) is 29.8 Å². The fraction of sp³-hybridized carbons (Fsp3) is 0.160. The highest BCUT2D eigenvalue weighted by molar-refractivity contribution is 5.86. The molecule has 0 amide bonds. The Balaban J connectivity index is 1.49. The Hall–Kier alpha value is -4.97. The molecule has 0 aliphatic carbocycles. The fourth-order valence-electron chi connectivity index (χ4n) is 4.29. The monoisotopic (exact) mass is 501 g/mol. The quantitative estimate of drug-likeness (QED) is 0.159. The number of aliphatic hydroxyl groups is 1. The van der Waals surface area contributed by atoms with Gasteiger partial charge in [0.15, 0.2) is 5.75 Å². The van der Waals surface area contributed by atoms with Gasteiger partial charge >= 0.3 is 5.69 Å². The van der Waals surface area contributed by atoms with Crippen LogP contribution in [0.1, 0.15) is 11.1 Å². The van der Waals surface area contributed by atoms with Crippen molar-refractivity contribution in [2.24, 2.45) is 0 Å². The molecule has 0 aliphatic rings. The van der Waals surface area contributed by atoms with Crippen molar-refractivity contribution in [3.05, 3.63) is 92.9 Å². The second kappa shape index (κ2) is 9.59. The number of hydrogen-bond donors (Lipinski definition) is 5. The van der Waals surface area contributed by atoms with Crippen molar-refractivity contribution < 1.29 is 15.1 Å². The molecule has 0 spiro atoms. The second-order valence-electron chi connectivity index (χ2n) is 8.62. The summed E-state index contributed by atoms with van der Waals surface area (Å²) >= 11 is 0. The van der Waals surface area contributed by atoms with Gasteiger partial charge in [-0.15, -0.1) is 0 Å². The molecule has 0 bridgehead atoms. The number of aromatic hydroxyl groups is 1. The van der Waals surface area contributed by atoms with Crippen molar-refractivity contribution in [1.29, 1.82) is 0 Å². The molecule has 1 unspecified atom stereocenters. The van der Waals surface area contributed by atoms with Crippen LogP contribution in [0.15, 0.2) is 66.1 Å². The van der Waals surface area contributed by atoms with E-state index in [0.29, 0.717) is 22.6 Å². The van der Waals surface area contributed by atoms with Crippen LogP contribution in [0.4, 0.5) is 11.4 Å². The third kappa shape index (κ3) is 4.65. The number of fused-ring (bicyclic) bond motifs is 1. The van der Waals surface area contributed by atoms with Crippen molar-refractivity contribution in [2.75, 3.05) is 11.9 Å². The van der Waals surface area contributed by atoms with Gasteiger partial charge in [-0.2, -0.15) is 0 Å². The molecular formula is C25H23N7O5. The number of benzene rings is 2. The van der Waals surface area contributed by atoms with Crippen molar-refractivity contribution >= 4 is 22.4 Å². The van der Waals surface area contributed by atoms with Gasteiger partial charge in [0.1, 0.15) is 11.4 Å². The third-order valence-electron chi connectivity index (χ3n) is 6.06. The zero-order valence-corrected chi connectivity index (χ0v) is 19.7. The van der Waals surface area contributed by atoms with E-state index >= 15 is 0 Å². The van der Waals surface area contributed by atoms with E-state index in [1.54, 1.807) is 24.7 Å². The summed E-state index contributed by atoms with van der Waals surface area (Å²) in [4.78, 5) is 38.1. The molecule has 37 heavy (non-hydrogen) atoms. The number of anilines is 1. The van der Waals surface area contributed by atoms with E-state index in [-0.39, 0.29) is 24.2 Å². The normalized spacial score (nSPS) is 12.1. The number of nitrogens with zero attached hydrogens (tertiary/aromatic N) is 4. The minimum Gasteiger partial charge on any atom is -0.502 e. The third-order valence-corrected chi connectivity index (χ3v) is 6.06. The minimum atomic E-state index is -0.670. The summed E-state index contributed by atoms with van der Waals surface area (Å²) in [5.41, 5.74) is 3.68. The second-order valence-corrected chi connectivity index (χ2v) is 8.62. The molecule has 0 saturated heterocycles. The summed E-state index contributed by atoms with van der Waals surface area (Å²) < 4.78 is 1.87. The molecule has 2 aromatic carbocycles. The van der Waals surface area contributed by atoms with Gasteiger partial charge in [-0.05, 0) is 48.7 Å². The van der Waals surface area contributed by atoms with Crippen molar-refractivity contribution in [3.63, 3.8) is 0 Å². The van der Waals surface area contributed by atoms with Gasteiger partial charge in [0.2, 0.25) is 0 Å². The molecule has 0 fully saturated rings. The topological polar surface area (TPSA) is 175 Å². The van der Waals surface area contributed by atoms with Crippen molar-refractivity contribution in [3.8, 4) is 22.8 Å². The van der Waals surface area contributed by atoms with Crippen LogP contribution in [0.2, 0.25) is 0 Å². The average Bonchev–Trinajstić information content (AvgIpc) is 3.55. The highest BCUT2D eigenvalue weighted by atomic mass is 16.6. The van der Waals surface area contributed by atoms with E-state index in [2.05, 4.69) is 25.3 Å². The number of nitro groups is 1. The van der Waals surface area contributed by atoms with Gasteiger partial charge in [0.25, 0.3) is 5.56 Å². The number of aliphatic hydroxyl groups excluding tert-OH is 1. The molecule has 5 aromatic rings. The zero-order chi connectivity index (χ0) is 26.1. The van der Waals surface area contributed by atoms with Crippen LogP contribution in [-0.4, -0.2) is 52.3 Å². The largest absolute Gasteiger partial charge is 0.502 e. The molecule has 3 aromatic heterocycles. The summed E-state index contributed by atoms with van der Waals surface area (Å²) in [5.74, 6) is -0.0855. The molecule has 5 N–H and O–H groups in total. The molecule has 0 radical (unpaired) electrons. The SMILES string of the molecule is Cc1cc(-n2ccnc2)cc2[nH]c(-c3c(NC(CO)Cc4ccc(O)c([N+](=O)[O-])c4)cc[nH]c3=O)nc12. The molecule has 1 atom stereocenters. The van der Waals surface area contributed by atoms with Gasteiger partial charge in [0, 0.05) is 30.3 Å². The van der Waals surface area contributed by atoms with Crippen LogP contribution in [0.3, 0.4) is 0 Å². The smallest absolute Gasteiger partial charge is 0.310 e. The van der Waals surface area contributed by atoms with Crippen molar-refractivity contribution in [2.45, 2.75) is 19.4 Å². The minimum absolute atomic E-state index is 0.206. The number of aromatic nitrogens is 5. The first-order valence-corrected chi connectivity index (χ1v) is 11.4. The summed E-state index contributed by atoms with van der Waals surface area (Å²) in [6, 6.07) is 9.03. The van der Waals surface area contributed by atoms with E-state index in [1.165, 1.54) is 18.3 Å². The zero-order valence-electron chi connectivity index (χ0n) is 19.7. The molecule has 188 valence electrons. The fourth-order valence-corrected chi connectivity index (χ4v) is 4.29. The highest BCUT2D eigenvalue weighted by Gasteiger charge is 2.20. The van der Waals surface area contributed by atoms with E-state index < -0.39 is 22.4 Å². The Bertz CT molecular complexity index is 1660. The molecular weight excluding hydrogens is 478 g/mol. The van der Waals surface area contributed by atoms with Crippen LogP contribution >= 0.6 is 0 Å². The predicted octanol–water partition coefficient (Wildman–Crippen LogP) is 3.04. The van der Waals surface area contributed by atoms with Gasteiger partial charge in [-0.1, -0.05) is 6.07 Å². The van der Waals surface area contributed by atoms with Crippen LogP contribution in [0, 0.1) is 17.0 Å². The molecule has 0 aliphatic heterocycles. The lowest BCUT2D eigenvalue weighted by Crippen LogP contribution is -2.28. The lowest BCUT2D eigenvalue weighted by Gasteiger charge is -2.19. The first-order valence-electron chi connectivity index (χ1n) is 11.4. The standard InChI is InChI=1S/C25H23N7O5/c1-14-8-17(31-7-6-26-13-31)11-19-23(14)30-24(29-19)22-18(4-5-27-25(22)35)28-16(12-33)9-15-2-3-21(34)20(10-15)32(36)37/h2-8,10-11,13,16,33-34H,9,12H2,1H3,(H,29,30)(H2,27,28,35). The molecule has 3 heterocycles. The number of rotatable bonds is 8. The lowest BCUT2D eigenvalue weighted by molar-refractivity contribution is -0.385. The lowest BCUT2D eigenvalue weighted by atomic mass is 10.0. The van der Waals surface area contributed by atoms with E-state index in [9.17, 15) is 25.1 Å². The van der Waals surface area contributed by atoms with Crippen LogP contribution in [0.5, 0.6) is 5.75 Å². The van der Waals surface area contributed by atoms with Gasteiger partial charge in [-0.25, -0.2) is 9.97 Å². The number of phenolic OH excluding ortho intramolecular Hbond substituents is 1. The van der Waals surface area contributed by atoms with Crippen molar-refractivity contribution in [1.82, 2.24) is 24.5 Å². The number of aromatic amines is 2. The number of pyridine rings is 1. The maximum absolute atomic E-state index is 12.9. The first kappa shape index (κ1) is 23.8. The van der Waals surface area contributed by atoms with Crippen LogP contribution < -0.4 is 10.9 Å². The van der Waals surface area contributed by atoms with Crippen LogP contribution in [0.25, 0.3) is 28.1 Å². The number of phenols is 1. The Morgan fingerprint density at radius 1 is 1.24 bits per heavy atom. The number of imidazole rings is 2. The molecule has 5 rings (SSSR count). The van der Waals surface area contributed by atoms with Gasteiger partial charge < -0.3 is 30.1 Å². The summed E-state index contributed by atoms with van der Waals surface area (Å²) in [5, 5.41) is 34.1. The summed E-state index contributed by atoms with van der Waals surface area (Å²) in [6.45, 7) is 1.62. The molecule has 12 nitrogen and oxygen atoms in total. The predicted molar refractivity (Wildman–Crippen MR) is 137 cm³/mol.